The Morgan fingerprint density at radius 1 is 1.47 bits per heavy atom. The maximum Gasteiger partial charge on any atom is 0.237 e. The third-order valence-electron chi connectivity index (χ3n) is 2.45. The number of hydrogen-bond donors (Lipinski definition) is 1. The van der Waals surface area contributed by atoms with E-state index in [1.54, 1.807) is 0 Å². The summed E-state index contributed by atoms with van der Waals surface area (Å²) in [4.78, 5) is 11.8. The quantitative estimate of drug-likeness (QED) is 0.760. The van der Waals surface area contributed by atoms with Crippen LogP contribution in [0.4, 0.5) is 0 Å². The van der Waals surface area contributed by atoms with Gasteiger partial charge in [-0.2, -0.15) is 0 Å². The molecule has 15 heavy (non-hydrogen) atoms. The zero-order valence-corrected chi connectivity index (χ0v) is 10.3. The van der Waals surface area contributed by atoms with Crippen molar-refractivity contribution in [2.75, 3.05) is 13.1 Å². The molecule has 0 unspecified atom stereocenters. The van der Waals surface area contributed by atoms with Crippen LogP contribution in [0, 0.1) is 0 Å². The minimum absolute atomic E-state index is 0.222. The van der Waals surface area contributed by atoms with Crippen LogP contribution in [0.2, 0.25) is 0 Å². The molecule has 4 nitrogen and oxygen atoms in total. The first-order valence-electron chi connectivity index (χ1n) is 5.67. The number of nitrogens with two attached hydrogens (primary N) is 1. The average molecular weight is 213 g/mol. The molecule has 0 radical (unpaired) electrons. The van der Waals surface area contributed by atoms with Crippen molar-refractivity contribution in [3.63, 3.8) is 0 Å². The Morgan fingerprint density at radius 2 is 2.07 bits per heavy atom. The zero-order chi connectivity index (χ0) is 11.6. The van der Waals surface area contributed by atoms with Gasteiger partial charge in [0.2, 0.25) is 5.91 Å². The summed E-state index contributed by atoms with van der Waals surface area (Å²) in [6, 6.07) is 0.222. The Labute approximate surface area is 92.4 Å². The topological polar surface area (TPSA) is 49.6 Å². The largest absolute Gasteiger partial charge is 0.324 e. The molecule has 1 aliphatic rings. The Hall–Kier alpha value is -0.610. The van der Waals surface area contributed by atoms with E-state index in [1.807, 2.05) is 32.7 Å². The molecule has 0 saturated carbocycles. The summed E-state index contributed by atoms with van der Waals surface area (Å²) < 4.78 is 0. The third kappa shape index (κ3) is 3.47. The maximum atomic E-state index is 11.8. The van der Waals surface area contributed by atoms with Crippen molar-refractivity contribution in [2.24, 2.45) is 5.73 Å². The lowest BCUT2D eigenvalue weighted by Gasteiger charge is -2.43. The van der Waals surface area contributed by atoms with Gasteiger partial charge < -0.3 is 5.73 Å². The van der Waals surface area contributed by atoms with Gasteiger partial charge in [-0.25, -0.2) is 5.01 Å². The monoisotopic (exact) mass is 213 g/mol. The molecule has 0 aromatic rings. The first kappa shape index (κ1) is 12.5. The zero-order valence-electron chi connectivity index (χ0n) is 10.3. The fraction of sp³-hybridized carbons (Fsp3) is 0.909. The summed E-state index contributed by atoms with van der Waals surface area (Å²) in [6.07, 6.45) is 1.61. The highest BCUT2D eigenvalue weighted by atomic mass is 16.2. The normalized spacial score (nSPS) is 20.1. The molecule has 0 aromatic heterocycles. The number of carbonyl (C=O) groups is 1. The second kappa shape index (κ2) is 4.49. The Bertz CT molecular complexity index is 232. The predicted octanol–water partition coefficient (Wildman–Crippen LogP) is 0.971. The summed E-state index contributed by atoms with van der Waals surface area (Å²) in [5.74, 6) is 0.223. The molecule has 1 saturated heterocycles. The lowest BCUT2D eigenvalue weighted by atomic mass is 10.1. The molecular formula is C11H23N3O. The number of amides is 1. The fourth-order valence-electron chi connectivity index (χ4n) is 2.03. The van der Waals surface area contributed by atoms with Crippen molar-refractivity contribution in [1.82, 2.24) is 10.0 Å². The molecule has 0 bridgehead atoms. The van der Waals surface area contributed by atoms with E-state index in [9.17, 15) is 4.79 Å². The number of rotatable bonds is 3. The van der Waals surface area contributed by atoms with Crippen LogP contribution in [0.5, 0.6) is 0 Å². The lowest BCUT2D eigenvalue weighted by molar-refractivity contribution is -0.162. The van der Waals surface area contributed by atoms with Crippen LogP contribution in [0.3, 0.4) is 0 Å². The SMILES string of the molecule is CC(C)N1C(=O)CCCN1CC(C)(C)N. The fourth-order valence-corrected chi connectivity index (χ4v) is 2.03. The molecule has 1 rings (SSSR count). The van der Waals surface area contributed by atoms with Crippen molar-refractivity contribution in [3.05, 3.63) is 0 Å². The molecular weight excluding hydrogens is 190 g/mol. The molecule has 1 heterocycles. The summed E-state index contributed by atoms with van der Waals surface area (Å²) in [5, 5.41) is 3.95. The molecule has 0 aliphatic carbocycles. The second-order valence-electron chi connectivity index (χ2n) is 5.31. The van der Waals surface area contributed by atoms with Crippen LogP contribution in [-0.2, 0) is 4.79 Å². The Balaban J connectivity index is 2.71. The van der Waals surface area contributed by atoms with E-state index < -0.39 is 0 Å². The molecule has 1 aliphatic heterocycles. The smallest absolute Gasteiger partial charge is 0.237 e. The van der Waals surface area contributed by atoms with Crippen LogP contribution in [-0.4, -0.2) is 40.6 Å². The third-order valence-corrected chi connectivity index (χ3v) is 2.45. The van der Waals surface area contributed by atoms with Gasteiger partial charge in [0.25, 0.3) is 0 Å². The molecule has 0 aromatic carbocycles. The van der Waals surface area contributed by atoms with Crippen LogP contribution in [0.15, 0.2) is 0 Å². The number of hydrazine groups is 1. The van der Waals surface area contributed by atoms with Gasteiger partial charge in [0.1, 0.15) is 0 Å². The van der Waals surface area contributed by atoms with E-state index in [0.29, 0.717) is 6.42 Å². The molecule has 1 fully saturated rings. The number of hydrogen-bond acceptors (Lipinski definition) is 3. The van der Waals surface area contributed by atoms with Crippen molar-refractivity contribution in [2.45, 2.75) is 52.1 Å². The van der Waals surface area contributed by atoms with Crippen LogP contribution in [0.1, 0.15) is 40.5 Å². The first-order valence-corrected chi connectivity index (χ1v) is 5.67. The molecule has 1 amide bonds. The van der Waals surface area contributed by atoms with E-state index >= 15 is 0 Å². The van der Waals surface area contributed by atoms with Gasteiger partial charge in [-0.05, 0) is 34.1 Å². The van der Waals surface area contributed by atoms with Crippen LogP contribution in [0.25, 0.3) is 0 Å². The number of carbonyl (C=O) groups excluding carboxylic acids is 1. The van der Waals surface area contributed by atoms with Crippen molar-refractivity contribution < 1.29 is 4.79 Å². The van der Waals surface area contributed by atoms with Gasteiger partial charge in [-0.3, -0.25) is 9.80 Å². The lowest BCUT2D eigenvalue weighted by Crippen LogP contribution is -2.58. The minimum atomic E-state index is -0.259. The van der Waals surface area contributed by atoms with Crippen molar-refractivity contribution in [1.29, 1.82) is 0 Å². The molecule has 2 N–H and O–H groups in total. The number of nitrogens with zero attached hydrogens (tertiary/aromatic N) is 2. The Morgan fingerprint density at radius 3 is 2.53 bits per heavy atom. The van der Waals surface area contributed by atoms with E-state index in [2.05, 4.69) is 5.01 Å². The van der Waals surface area contributed by atoms with Gasteiger partial charge in [0.15, 0.2) is 0 Å². The van der Waals surface area contributed by atoms with Crippen molar-refractivity contribution >= 4 is 5.91 Å². The summed E-state index contributed by atoms with van der Waals surface area (Å²) in [7, 11) is 0. The highest BCUT2D eigenvalue weighted by Crippen LogP contribution is 2.17. The van der Waals surface area contributed by atoms with Crippen LogP contribution < -0.4 is 5.73 Å². The van der Waals surface area contributed by atoms with Crippen LogP contribution >= 0.6 is 0 Å². The van der Waals surface area contributed by atoms with Gasteiger partial charge in [-0.1, -0.05) is 0 Å². The van der Waals surface area contributed by atoms with Crippen molar-refractivity contribution in [3.8, 4) is 0 Å². The van der Waals surface area contributed by atoms with Gasteiger partial charge in [-0.15, -0.1) is 0 Å². The van der Waals surface area contributed by atoms with Gasteiger partial charge in [0, 0.05) is 31.1 Å². The second-order valence-corrected chi connectivity index (χ2v) is 5.31. The summed E-state index contributed by atoms with van der Waals surface area (Å²) in [6.45, 7) is 9.73. The predicted molar refractivity (Wildman–Crippen MR) is 61.1 cm³/mol. The molecule has 0 atom stereocenters. The van der Waals surface area contributed by atoms with Gasteiger partial charge >= 0.3 is 0 Å². The highest BCUT2D eigenvalue weighted by molar-refractivity contribution is 5.76. The summed E-state index contributed by atoms with van der Waals surface area (Å²) in [5.41, 5.74) is 5.74. The van der Waals surface area contributed by atoms with E-state index in [-0.39, 0.29) is 17.5 Å². The van der Waals surface area contributed by atoms with Gasteiger partial charge in [0.05, 0.1) is 0 Å². The average Bonchev–Trinajstić information content (AvgIpc) is 1.99. The summed E-state index contributed by atoms with van der Waals surface area (Å²) >= 11 is 0. The maximum absolute atomic E-state index is 11.8. The Kier molecular flexibility index (Phi) is 3.73. The van der Waals surface area contributed by atoms with E-state index in [0.717, 1.165) is 19.5 Å². The highest BCUT2D eigenvalue weighted by Gasteiger charge is 2.30. The molecule has 0 spiro atoms. The standard InChI is InChI=1S/C11H23N3O/c1-9(2)14-10(15)6-5-7-13(14)8-11(3,4)12/h9H,5-8,12H2,1-4H3. The minimum Gasteiger partial charge on any atom is -0.324 e. The van der Waals surface area contributed by atoms with E-state index in [4.69, 9.17) is 5.73 Å². The first-order chi connectivity index (χ1) is 6.81. The van der Waals surface area contributed by atoms with E-state index in [1.165, 1.54) is 0 Å². The molecule has 4 heteroatoms. The molecule has 88 valence electrons.